The van der Waals surface area contributed by atoms with Gasteiger partial charge in [0, 0.05) is 28.9 Å². The van der Waals surface area contributed by atoms with Crippen LogP contribution in [0.4, 0.5) is 0 Å². The fraction of sp³-hybridized carbons (Fsp3) is 0.316. The van der Waals surface area contributed by atoms with Gasteiger partial charge in [0.15, 0.2) is 0 Å². The predicted octanol–water partition coefficient (Wildman–Crippen LogP) is 5.05. The van der Waals surface area contributed by atoms with Gasteiger partial charge in [0.05, 0.1) is 27.9 Å². The number of para-hydroxylation sites is 1. The molecule has 0 saturated carbocycles. The molecule has 2 unspecified atom stereocenters. The summed E-state index contributed by atoms with van der Waals surface area (Å²) in [5.74, 6) is 0.530. The van der Waals surface area contributed by atoms with E-state index in [4.69, 9.17) is 0 Å². The number of nitrogens with zero attached hydrogens (tertiary/aromatic N) is 3. The Morgan fingerprint density at radius 2 is 2.04 bits per heavy atom. The summed E-state index contributed by atoms with van der Waals surface area (Å²) >= 11 is 7.68. The van der Waals surface area contributed by atoms with E-state index in [-0.39, 0.29) is 0 Å². The Kier molecular flexibility index (Phi) is 3.33. The van der Waals surface area contributed by atoms with Crippen molar-refractivity contribution < 1.29 is 0 Å². The zero-order chi connectivity index (χ0) is 16.4. The first-order valence-electron chi connectivity index (χ1n) is 8.35. The number of alkyl halides is 1. The lowest BCUT2D eigenvalue weighted by molar-refractivity contribution is 0.526. The summed E-state index contributed by atoms with van der Waals surface area (Å²) in [5, 5.41) is 3.73. The molecule has 3 nitrogen and oxygen atoms in total. The SMILES string of the molecule is CC1CCC(Br)c2c1n1c(c3cccc4ccn2c43)=C(Br)N=CC1. The maximum absolute atomic E-state index is 4.57. The van der Waals surface area contributed by atoms with Crippen molar-refractivity contribution in [1.29, 1.82) is 0 Å². The molecule has 0 N–H and O–H groups in total. The lowest BCUT2D eigenvalue weighted by Gasteiger charge is -2.29. The molecule has 1 aliphatic heterocycles. The van der Waals surface area contributed by atoms with Crippen molar-refractivity contribution in [1.82, 2.24) is 8.97 Å². The summed E-state index contributed by atoms with van der Waals surface area (Å²) in [6.45, 7) is 3.18. The standard InChI is InChI=1S/C19H17Br2N3/c1-11-5-6-14(20)18-15(11)24-10-8-22-19(21)17(24)13-4-2-3-12-7-9-23(18)16(12)13/h2-4,7-9,11,14H,5-6,10H2,1H3. The molecule has 24 heavy (non-hydrogen) atoms. The monoisotopic (exact) mass is 445 g/mol. The average molecular weight is 447 g/mol. The third-order valence-corrected chi connectivity index (χ3v) is 6.80. The summed E-state index contributed by atoms with van der Waals surface area (Å²) in [4.78, 5) is 4.95. The molecule has 122 valence electrons. The highest BCUT2D eigenvalue weighted by Crippen LogP contribution is 2.42. The van der Waals surface area contributed by atoms with E-state index in [9.17, 15) is 0 Å². The maximum atomic E-state index is 4.57. The number of fused-ring (bicyclic) bond motifs is 5. The van der Waals surface area contributed by atoms with Crippen molar-refractivity contribution >= 4 is 59.0 Å². The topological polar surface area (TPSA) is 21.7 Å². The molecule has 0 radical (unpaired) electrons. The highest BCUT2D eigenvalue weighted by molar-refractivity contribution is 9.14. The number of rotatable bonds is 0. The normalized spacial score (nSPS) is 22.9. The minimum absolute atomic E-state index is 0.379. The highest BCUT2D eigenvalue weighted by Gasteiger charge is 2.29. The van der Waals surface area contributed by atoms with Crippen molar-refractivity contribution in [2.45, 2.75) is 37.1 Å². The molecule has 0 bridgehead atoms. The van der Waals surface area contributed by atoms with Crippen LogP contribution in [0.2, 0.25) is 0 Å². The molecule has 1 aromatic carbocycles. The van der Waals surface area contributed by atoms with E-state index in [0.29, 0.717) is 10.7 Å². The Morgan fingerprint density at radius 3 is 2.92 bits per heavy atom. The van der Waals surface area contributed by atoms with Gasteiger partial charge in [-0.25, -0.2) is 4.99 Å². The molecular weight excluding hydrogens is 430 g/mol. The number of halogens is 2. The molecule has 5 rings (SSSR count). The van der Waals surface area contributed by atoms with Crippen molar-refractivity contribution in [2.75, 3.05) is 0 Å². The molecule has 2 aliphatic rings. The summed E-state index contributed by atoms with van der Waals surface area (Å²) in [6.07, 6.45) is 6.60. The van der Waals surface area contributed by atoms with Gasteiger partial charge >= 0.3 is 0 Å². The summed E-state index contributed by atoms with van der Waals surface area (Å²) in [5.41, 5.74) is 4.10. The number of benzene rings is 1. The van der Waals surface area contributed by atoms with Crippen LogP contribution in [0.3, 0.4) is 0 Å². The van der Waals surface area contributed by atoms with Crippen molar-refractivity contribution in [3.63, 3.8) is 0 Å². The second-order valence-corrected chi connectivity index (χ2v) is 8.56. The van der Waals surface area contributed by atoms with Gasteiger partial charge < -0.3 is 8.97 Å². The Hall–Kier alpha value is -1.33. The lowest BCUT2D eigenvalue weighted by Crippen LogP contribution is -2.30. The Bertz CT molecular complexity index is 1090. The molecule has 0 fully saturated rings. The molecule has 2 aromatic heterocycles. The second kappa shape index (κ2) is 5.33. The van der Waals surface area contributed by atoms with Crippen LogP contribution in [0.5, 0.6) is 0 Å². The average Bonchev–Trinajstić information content (AvgIpc) is 2.94. The smallest absolute Gasteiger partial charge is 0.130 e. The zero-order valence-electron chi connectivity index (χ0n) is 13.3. The number of aromatic nitrogens is 2. The van der Waals surface area contributed by atoms with E-state index >= 15 is 0 Å². The highest BCUT2D eigenvalue weighted by atomic mass is 79.9. The van der Waals surface area contributed by atoms with Gasteiger partial charge in [0.1, 0.15) is 4.61 Å². The van der Waals surface area contributed by atoms with Gasteiger partial charge in [0.25, 0.3) is 0 Å². The molecule has 2 atom stereocenters. The molecule has 0 amide bonds. The van der Waals surface area contributed by atoms with Crippen LogP contribution in [0.15, 0.2) is 35.5 Å². The summed E-state index contributed by atoms with van der Waals surface area (Å²) in [6, 6.07) is 8.78. The molecule has 0 saturated heterocycles. The molecule has 3 heterocycles. The first kappa shape index (κ1) is 15.0. The van der Waals surface area contributed by atoms with Crippen LogP contribution in [-0.4, -0.2) is 15.2 Å². The van der Waals surface area contributed by atoms with E-state index in [2.05, 4.69) is 83.2 Å². The number of hydrogen-bond donors (Lipinski definition) is 0. The van der Waals surface area contributed by atoms with Crippen molar-refractivity contribution in [3.05, 3.63) is 47.2 Å². The van der Waals surface area contributed by atoms with Gasteiger partial charge in [-0.1, -0.05) is 41.1 Å². The molecule has 5 heteroatoms. The number of aliphatic imine (C=N–C) groups is 1. The maximum Gasteiger partial charge on any atom is 0.130 e. The first-order chi connectivity index (χ1) is 11.7. The van der Waals surface area contributed by atoms with E-state index < -0.39 is 0 Å². The van der Waals surface area contributed by atoms with Crippen LogP contribution >= 0.6 is 31.9 Å². The molecule has 3 aromatic rings. The second-order valence-electron chi connectivity index (χ2n) is 6.71. The van der Waals surface area contributed by atoms with E-state index in [1.165, 1.54) is 45.9 Å². The van der Waals surface area contributed by atoms with Crippen LogP contribution in [-0.2, 0) is 6.54 Å². The van der Waals surface area contributed by atoms with E-state index in [1.54, 1.807) is 0 Å². The van der Waals surface area contributed by atoms with Crippen molar-refractivity contribution in [3.8, 4) is 0 Å². The van der Waals surface area contributed by atoms with Crippen LogP contribution < -0.4 is 5.35 Å². The zero-order valence-corrected chi connectivity index (χ0v) is 16.5. The van der Waals surface area contributed by atoms with Crippen LogP contribution in [0, 0.1) is 0 Å². The quantitative estimate of drug-likeness (QED) is 0.340. The van der Waals surface area contributed by atoms with Gasteiger partial charge in [-0.2, -0.15) is 0 Å². The van der Waals surface area contributed by atoms with Crippen LogP contribution in [0.1, 0.15) is 41.9 Å². The largest absolute Gasteiger partial charge is 0.335 e. The van der Waals surface area contributed by atoms with E-state index in [1.807, 2.05) is 6.21 Å². The lowest BCUT2D eigenvalue weighted by atomic mass is 9.90. The van der Waals surface area contributed by atoms with E-state index in [0.717, 1.165) is 11.2 Å². The summed E-state index contributed by atoms with van der Waals surface area (Å²) in [7, 11) is 0. The third kappa shape index (κ3) is 1.91. The Balaban J connectivity index is 2.18. The first-order valence-corrected chi connectivity index (χ1v) is 10.1. The van der Waals surface area contributed by atoms with Gasteiger partial charge in [0.2, 0.25) is 0 Å². The predicted molar refractivity (Wildman–Crippen MR) is 107 cm³/mol. The minimum atomic E-state index is 0.379. The molecule has 1 aliphatic carbocycles. The minimum Gasteiger partial charge on any atom is -0.335 e. The van der Waals surface area contributed by atoms with Gasteiger partial charge in [-0.3, -0.25) is 0 Å². The Morgan fingerprint density at radius 1 is 1.17 bits per heavy atom. The van der Waals surface area contributed by atoms with Gasteiger partial charge in [-0.15, -0.1) is 0 Å². The van der Waals surface area contributed by atoms with Crippen molar-refractivity contribution in [2.24, 2.45) is 4.99 Å². The fourth-order valence-electron chi connectivity index (χ4n) is 4.29. The third-order valence-electron chi connectivity index (χ3n) is 5.33. The fourth-order valence-corrected chi connectivity index (χ4v) is 5.58. The molecule has 0 spiro atoms. The molecular formula is C19H17Br2N3. The van der Waals surface area contributed by atoms with Crippen LogP contribution in [0.25, 0.3) is 20.9 Å². The summed E-state index contributed by atoms with van der Waals surface area (Å²) < 4.78 is 5.79. The number of hydrogen-bond acceptors (Lipinski definition) is 1. The Labute approximate surface area is 157 Å². The van der Waals surface area contributed by atoms with Gasteiger partial charge in [-0.05, 0) is 40.8 Å².